The number of non-ortho nitro benzene ring substituents is 1. The van der Waals surface area contributed by atoms with E-state index < -0.39 is 4.92 Å². The fourth-order valence-corrected chi connectivity index (χ4v) is 2.09. The number of alkyl halides is 1. The zero-order chi connectivity index (χ0) is 14.3. The average Bonchev–Trinajstić information content (AvgIpc) is 2.42. The largest absolute Gasteiger partial charge is 0.342 e. The summed E-state index contributed by atoms with van der Waals surface area (Å²) in [6, 6.07) is 5.83. The Bertz CT molecular complexity index is 451. The monoisotopic (exact) mass is 328 g/mol. The number of hydrogen-bond acceptors (Lipinski definition) is 3. The fraction of sp³-hybridized carbons (Fsp3) is 0.462. The summed E-state index contributed by atoms with van der Waals surface area (Å²) in [7, 11) is 1.72. The van der Waals surface area contributed by atoms with Crippen molar-refractivity contribution < 1.29 is 9.72 Å². The van der Waals surface area contributed by atoms with Crippen LogP contribution in [0.25, 0.3) is 0 Å². The van der Waals surface area contributed by atoms with Gasteiger partial charge in [0.2, 0.25) is 0 Å². The molecular weight excluding hydrogens is 312 g/mol. The zero-order valence-corrected chi connectivity index (χ0v) is 12.4. The van der Waals surface area contributed by atoms with Gasteiger partial charge >= 0.3 is 0 Å². The second-order valence-electron chi connectivity index (χ2n) is 4.28. The van der Waals surface area contributed by atoms with Gasteiger partial charge in [-0.05, 0) is 18.9 Å². The van der Waals surface area contributed by atoms with Crippen LogP contribution < -0.4 is 0 Å². The van der Waals surface area contributed by atoms with Gasteiger partial charge in [0.15, 0.2) is 0 Å². The summed E-state index contributed by atoms with van der Waals surface area (Å²) in [5, 5.41) is 11.6. The van der Waals surface area contributed by atoms with Gasteiger partial charge < -0.3 is 4.90 Å². The standard InChI is InChI=1S/C13H17BrN2O3/c1-15(9-4-2-3-8-14)13(17)11-6-5-7-12(10-11)16(18)19/h5-7,10H,2-4,8-9H2,1H3. The molecule has 0 heterocycles. The minimum atomic E-state index is -0.493. The Morgan fingerprint density at radius 3 is 2.74 bits per heavy atom. The highest BCUT2D eigenvalue weighted by molar-refractivity contribution is 9.09. The van der Waals surface area contributed by atoms with E-state index in [0.29, 0.717) is 12.1 Å². The first kappa shape index (κ1) is 15.6. The van der Waals surface area contributed by atoms with E-state index in [0.717, 1.165) is 24.6 Å². The predicted molar refractivity (Wildman–Crippen MR) is 77.7 cm³/mol. The normalized spacial score (nSPS) is 10.2. The van der Waals surface area contributed by atoms with E-state index in [4.69, 9.17) is 0 Å². The third-order valence-electron chi connectivity index (χ3n) is 2.78. The van der Waals surface area contributed by atoms with Gasteiger partial charge in [-0.2, -0.15) is 0 Å². The minimum absolute atomic E-state index is 0.0569. The first-order valence-corrected chi connectivity index (χ1v) is 7.24. The number of rotatable bonds is 7. The molecule has 0 aliphatic rings. The summed E-state index contributed by atoms with van der Waals surface area (Å²) < 4.78 is 0. The lowest BCUT2D eigenvalue weighted by molar-refractivity contribution is -0.384. The Hall–Kier alpha value is -1.43. The molecule has 104 valence electrons. The number of nitro benzene ring substituents is 1. The SMILES string of the molecule is CN(CCCCCBr)C(=O)c1cccc([N+](=O)[O-])c1. The second kappa shape index (κ2) is 7.89. The molecule has 0 fully saturated rings. The van der Waals surface area contributed by atoms with Gasteiger partial charge in [0.1, 0.15) is 0 Å². The Morgan fingerprint density at radius 2 is 2.11 bits per heavy atom. The van der Waals surface area contributed by atoms with E-state index >= 15 is 0 Å². The highest BCUT2D eigenvalue weighted by Gasteiger charge is 2.14. The summed E-state index contributed by atoms with van der Waals surface area (Å²) in [4.78, 5) is 23.9. The average molecular weight is 329 g/mol. The molecule has 0 N–H and O–H groups in total. The molecule has 1 aromatic rings. The van der Waals surface area contributed by atoms with Gasteiger partial charge in [0.25, 0.3) is 11.6 Å². The van der Waals surface area contributed by atoms with Crippen molar-refractivity contribution in [2.75, 3.05) is 18.9 Å². The highest BCUT2D eigenvalue weighted by atomic mass is 79.9. The zero-order valence-electron chi connectivity index (χ0n) is 10.8. The number of hydrogen-bond donors (Lipinski definition) is 0. The van der Waals surface area contributed by atoms with Gasteiger partial charge in [0.05, 0.1) is 4.92 Å². The molecule has 0 bridgehead atoms. The van der Waals surface area contributed by atoms with Crippen molar-refractivity contribution in [3.05, 3.63) is 39.9 Å². The van der Waals surface area contributed by atoms with Gasteiger partial charge in [0, 0.05) is 36.6 Å². The van der Waals surface area contributed by atoms with E-state index in [1.54, 1.807) is 18.0 Å². The second-order valence-corrected chi connectivity index (χ2v) is 5.08. The summed E-state index contributed by atoms with van der Waals surface area (Å²) in [5.41, 5.74) is 0.302. The summed E-state index contributed by atoms with van der Waals surface area (Å²) in [6.07, 6.45) is 3.07. The van der Waals surface area contributed by atoms with Crippen molar-refractivity contribution in [3.8, 4) is 0 Å². The van der Waals surface area contributed by atoms with Crippen molar-refractivity contribution in [1.82, 2.24) is 4.90 Å². The maximum absolute atomic E-state index is 12.1. The van der Waals surface area contributed by atoms with Crippen LogP contribution in [0, 0.1) is 10.1 Å². The van der Waals surface area contributed by atoms with Crippen LogP contribution in [0.15, 0.2) is 24.3 Å². The Labute approximate surface area is 120 Å². The first-order valence-electron chi connectivity index (χ1n) is 6.12. The number of halogens is 1. The molecule has 0 atom stereocenters. The summed E-state index contributed by atoms with van der Waals surface area (Å²) in [5.74, 6) is -0.178. The molecule has 5 nitrogen and oxygen atoms in total. The van der Waals surface area contributed by atoms with Crippen molar-refractivity contribution in [1.29, 1.82) is 0 Å². The molecule has 1 aromatic carbocycles. The number of amides is 1. The smallest absolute Gasteiger partial charge is 0.270 e. The van der Waals surface area contributed by atoms with E-state index in [-0.39, 0.29) is 11.6 Å². The number of nitro groups is 1. The van der Waals surface area contributed by atoms with Crippen molar-refractivity contribution >= 4 is 27.5 Å². The van der Waals surface area contributed by atoms with Crippen molar-refractivity contribution in [2.45, 2.75) is 19.3 Å². The molecule has 0 aromatic heterocycles. The molecule has 1 amide bonds. The molecular formula is C13H17BrN2O3. The number of benzene rings is 1. The third-order valence-corrected chi connectivity index (χ3v) is 3.34. The lowest BCUT2D eigenvalue weighted by Crippen LogP contribution is -2.27. The lowest BCUT2D eigenvalue weighted by Gasteiger charge is -2.16. The van der Waals surface area contributed by atoms with Gasteiger partial charge in [-0.1, -0.05) is 28.4 Å². The maximum atomic E-state index is 12.1. The molecule has 0 saturated heterocycles. The molecule has 0 aliphatic heterocycles. The van der Waals surface area contributed by atoms with Gasteiger partial charge in [-0.15, -0.1) is 0 Å². The van der Waals surface area contributed by atoms with Crippen LogP contribution in [-0.2, 0) is 0 Å². The molecule has 6 heteroatoms. The lowest BCUT2D eigenvalue weighted by atomic mass is 10.1. The van der Waals surface area contributed by atoms with Crippen LogP contribution in [0.5, 0.6) is 0 Å². The van der Waals surface area contributed by atoms with Crippen LogP contribution in [0.1, 0.15) is 29.6 Å². The Balaban J connectivity index is 2.61. The van der Waals surface area contributed by atoms with Crippen LogP contribution in [0.2, 0.25) is 0 Å². The van der Waals surface area contributed by atoms with E-state index in [1.165, 1.54) is 18.2 Å². The summed E-state index contributed by atoms with van der Waals surface area (Å²) >= 11 is 3.36. The quantitative estimate of drug-likeness (QED) is 0.334. The molecule has 1 rings (SSSR count). The fourth-order valence-electron chi connectivity index (χ4n) is 1.69. The van der Waals surface area contributed by atoms with Crippen LogP contribution >= 0.6 is 15.9 Å². The van der Waals surface area contributed by atoms with Crippen LogP contribution in [0.4, 0.5) is 5.69 Å². The minimum Gasteiger partial charge on any atom is -0.342 e. The summed E-state index contributed by atoms with van der Waals surface area (Å²) in [6.45, 7) is 0.661. The van der Waals surface area contributed by atoms with Gasteiger partial charge in [-0.25, -0.2) is 0 Å². The Morgan fingerprint density at radius 1 is 1.37 bits per heavy atom. The molecule has 0 unspecified atom stereocenters. The number of carbonyl (C=O) groups excluding carboxylic acids is 1. The molecule has 0 saturated carbocycles. The molecule has 0 radical (unpaired) electrons. The maximum Gasteiger partial charge on any atom is 0.270 e. The molecule has 0 aliphatic carbocycles. The van der Waals surface area contributed by atoms with Gasteiger partial charge in [-0.3, -0.25) is 14.9 Å². The predicted octanol–water partition coefficient (Wildman–Crippen LogP) is 3.23. The number of carbonyl (C=O) groups is 1. The van der Waals surface area contributed by atoms with Crippen LogP contribution in [-0.4, -0.2) is 34.7 Å². The van der Waals surface area contributed by atoms with E-state index in [1.807, 2.05) is 0 Å². The molecule has 0 spiro atoms. The topological polar surface area (TPSA) is 63.5 Å². The van der Waals surface area contributed by atoms with E-state index in [9.17, 15) is 14.9 Å². The van der Waals surface area contributed by atoms with Crippen molar-refractivity contribution in [3.63, 3.8) is 0 Å². The third kappa shape index (κ3) is 4.98. The Kier molecular flexibility index (Phi) is 6.49. The van der Waals surface area contributed by atoms with Crippen molar-refractivity contribution in [2.24, 2.45) is 0 Å². The van der Waals surface area contributed by atoms with E-state index in [2.05, 4.69) is 15.9 Å². The van der Waals surface area contributed by atoms with Crippen LogP contribution in [0.3, 0.4) is 0 Å². The number of unbranched alkanes of at least 4 members (excludes halogenated alkanes) is 2. The highest BCUT2D eigenvalue weighted by Crippen LogP contribution is 2.14. The number of nitrogens with zero attached hydrogens (tertiary/aromatic N) is 2. The first-order chi connectivity index (χ1) is 9.06. The molecule has 19 heavy (non-hydrogen) atoms.